The maximum absolute atomic E-state index is 10.8. The summed E-state index contributed by atoms with van der Waals surface area (Å²) in [5, 5.41) is 3.03. The van der Waals surface area contributed by atoms with Crippen LogP contribution in [-0.4, -0.2) is 11.9 Å². The van der Waals surface area contributed by atoms with Crippen molar-refractivity contribution in [2.24, 2.45) is 11.8 Å². The largest absolute Gasteiger partial charge is 0.353 e. The first-order chi connectivity index (χ1) is 5.25. The van der Waals surface area contributed by atoms with E-state index >= 15 is 0 Å². The van der Waals surface area contributed by atoms with Crippen molar-refractivity contribution >= 4 is 5.91 Å². The third-order valence-corrected chi connectivity index (χ3v) is 3.13. The van der Waals surface area contributed by atoms with E-state index in [1.54, 1.807) is 6.92 Å². The van der Waals surface area contributed by atoms with E-state index < -0.39 is 0 Å². The monoisotopic (exact) mass is 153 g/mol. The first-order valence-electron chi connectivity index (χ1n) is 4.53. The van der Waals surface area contributed by atoms with Crippen LogP contribution in [0.2, 0.25) is 0 Å². The van der Waals surface area contributed by atoms with Crippen LogP contribution in [0.5, 0.6) is 0 Å². The number of hydrogen-bond acceptors (Lipinski definition) is 1. The minimum atomic E-state index is 0.141. The van der Waals surface area contributed by atoms with Crippen LogP contribution in [0.4, 0.5) is 0 Å². The molecule has 2 bridgehead atoms. The quantitative estimate of drug-likeness (QED) is 0.604. The van der Waals surface area contributed by atoms with E-state index in [0.29, 0.717) is 6.04 Å². The molecule has 0 saturated heterocycles. The van der Waals surface area contributed by atoms with Crippen molar-refractivity contribution < 1.29 is 4.79 Å². The number of carbonyl (C=O) groups excluding carboxylic acids is 1. The highest BCUT2D eigenvalue weighted by Crippen LogP contribution is 2.44. The highest BCUT2D eigenvalue weighted by Gasteiger charge is 2.39. The van der Waals surface area contributed by atoms with Crippen LogP contribution < -0.4 is 5.32 Å². The normalized spacial score (nSPS) is 41.0. The van der Waals surface area contributed by atoms with Crippen LogP contribution >= 0.6 is 0 Å². The third kappa shape index (κ3) is 1.26. The Bertz CT molecular complexity index is 178. The first-order valence-corrected chi connectivity index (χ1v) is 4.53. The summed E-state index contributed by atoms with van der Waals surface area (Å²) in [5.74, 6) is 1.88. The summed E-state index contributed by atoms with van der Waals surface area (Å²) in [4.78, 5) is 10.8. The molecule has 0 aromatic rings. The van der Waals surface area contributed by atoms with Crippen molar-refractivity contribution in [3.63, 3.8) is 0 Å². The molecule has 2 rings (SSSR count). The van der Waals surface area contributed by atoms with Crippen molar-refractivity contribution in [3.8, 4) is 0 Å². The van der Waals surface area contributed by atoms with Gasteiger partial charge in [0.25, 0.3) is 0 Å². The Hall–Kier alpha value is -0.530. The predicted molar refractivity (Wildman–Crippen MR) is 43.1 cm³/mol. The standard InChI is InChI=1S/C9H15NO/c1-6(11)10-9-5-7-2-3-8(9)4-7/h7-9H,2-5H2,1H3,(H,10,11). The van der Waals surface area contributed by atoms with Gasteiger partial charge in [-0.3, -0.25) is 4.79 Å². The van der Waals surface area contributed by atoms with E-state index in [2.05, 4.69) is 5.32 Å². The number of hydrogen-bond donors (Lipinski definition) is 1. The molecule has 2 aliphatic rings. The first kappa shape index (κ1) is 7.14. The summed E-state index contributed by atoms with van der Waals surface area (Å²) in [5.41, 5.74) is 0. The number of amides is 1. The van der Waals surface area contributed by atoms with Crippen LogP contribution in [-0.2, 0) is 4.79 Å². The Balaban J connectivity index is 1.92. The topological polar surface area (TPSA) is 29.1 Å². The Morgan fingerprint density at radius 3 is 2.64 bits per heavy atom. The number of carbonyl (C=O) groups is 1. The highest BCUT2D eigenvalue weighted by molar-refractivity contribution is 5.73. The zero-order chi connectivity index (χ0) is 7.84. The molecule has 2 nitrogen and oxygen atoms in total. The lowest BCUT2D eigenvalue weighted by Gasteiger charge is -2.21. The van der Waals surface area contributed by atoms with Gasteiger partial charge in [0.2, 0.25) is 5.91 Å². The van der Waals surface area contributed by atoms with Crippen LogP contribution in [0.3, 0.4) is 0 Å². The number of rotatable bonds is 1. The molecule has 0 aliphatic heterocycles. The van der Waals surface area contributed by atoms with Crippen molar-refractivity contribution in [2.45, 2.75) is 38.6 Å². The fraction of sp³-hybridized carbons (Fsp3) is 0.889. The summed E-state index contributed by atoms with van der Waals surface area (Å²) in [6.07, 6.45) is 5.35. The number of nitrogens with one attached hydrogen (secondary N) is 1. The van der Waals surface area contributed by atoms with Gasteiger partial charge in [0, 0.05) is 13.0 Å². The van der Waals surface area contributed by atoms with Gasteiger partial charge in [-0.2, -0.15) is 0 Å². The summed E-state index contributed by atoms with van der Waals surface area (Å²) in [7, 11) is 0. The van der Waals surface area contributed by atoms with Gasteiger partial charge in [-0.25, -0.2) is 0 Å². The SMILES string of the molecule is CC(=O)NC1CC2CCC1C2. The lowest BCUT2D eigenvalue weighted by atomic mass is 9.95. The molecule has 0 aromatic heterocycles. The second-order valence-electron chi connectivity index (χ2n) is 3.98. The van der Waals surface area contributed by atoms with Gasteiger partial charge in [-0.05, 0) is 31.1 Å². The van der Waals surface area contributed by atoms with Crippen LogP contribution in [0.25, 0.3) is 0 Å². The Morgan fingerprint density at radius 2 is 2.18 bits per heavy atom. The second-order valence-corrected chi connectivity index (χ2v) is 3.98. The average Bonchev–Trinajstić information content (AvgIpc) is 2.45. The van der Waals surface area contributed by atoms with Crippen LogP contribution in [0.15, 0.2) is 0 Å². The molecule has 62 valence electrons. The Kier molecular flexibility index (Phi) is 1.63. The van der Waals surface area contributed by atoms with Gasteiger partial charge in [0.05, 0.1) is 0 Å². The molecule has 2 heteroatoms. The number of fused-ring (bicyclic) bond motifs is 2. The van der Waals surface area contributed by atoms with Gasteiger partial charge in [-0.15, -0.1) is 0 Å². The zero-order valence-electron chi connectivity index (χ0n) is 6.97. The molecular weight excluding hydrogens is 138 g/mol. The summed E-state index contributed by atoms with van der Waals surface area (Å²) in [6.45, 7) is 1.62. The fourth-order valence-corrected chi connectivity index (χ4v) is 2.68. The Labute approximate surface area is 67.4 Å². The smallest absolute Gasteiger partial charge is 0.217 e. The van der Waals surface area contributed by atoms with Crippen molar-refractivity contribution in [1.82, 2.24) is 5.32 Å². The fourth-order valence-electron chi connectivity index (χ4n) is 2.68. The van der Waals surface area contributed by atoms with Crippen molar-refractivity contribution in [3.05, 3.63) is 0 Å². The van der Waals surface area contributed by atoms with E-state index in [0.717, 1.165) is 11.8 Å². The molecule has 2 fully saturated rings. The summed E-state index contributed by atoms with van der Waals surface area (Å²) in [6, 6.07) is 0.520. The minimum absolute atomic E-state index is 0.141. The third-order valence-electron chi connectivity index (χ3n) is 3.13. The second kappa shape index (κ2) is 2.50. The molecule has 2 saturated carbocycles. The lowest BCUT2D eigenvalue weighted by molar-refractivity contribution is -0.120. The molecule has 3 unspecified atom stereocenters. The van der Waals surface area contributed by atoms with E-state index in [-0.39, 0.29) is 5.91 Å². The molecule has 3 atom stereocenters. The van der Waals surface area contributed by atoms with Crippen LogP contribution in [0.1, 0.15) is 32.6 Å². The molecule has 0 radical (unpaired) electrons. The molecule has 0 heterocycles. The van der Waals surface area contributed by atoms with Crippen molar-refractivity contribution in [2.75, 3.05) is 0 Å². The molecule has 0 spiro atoms. The maximum Gasteiger partial charge on any atom is 0.217 e. The molecule has 11 heavy (non-hydrogen) atoms. The predicted octanol–water partition coefficient (Wildman–Crippen LogP) is 1.31. The highest BCUT2D eigenvalue weighted by atomic mass is 16.1. The van der Waals surface area contributed by atoms with Crippen molar-refractivity contribution in [1.29, 1.82) is 0 Å². The van der Waals surface area contributed by atoms with Gasteiger partial charge < -0.3 is 5.32 Å². The minimum Gasteiger partial charge on any atom is -0.353 e. The van der Waals surface area contributed by atoms with Gasteiger partial charge in [0.15, 0.2) is 0 Å². The van der Waals surface area contributed by atoms with E-state index in [1.165, 1.54) is 25.7 Å². The molecular formula is C9H15NO. The summed E-state index contributed by atoms with van der Waals surface area (Å²) >= 11 is 0. The Morgan fingerprint density at radius 1 is 1.36 bits per heavy atom. The zero-order valence-corrected chi connectivity index (χ0v) is 6.97. The lowest BCUT2D eigenvalue weighted by Crippen LogP contribution is -2.36. The van der Waals surface area contributed by atoms with E-state index in [9.17, 15) is 4.79 Å². The van der Waals surface area contributed by atoms with Crippen LogP contribution in [0, 0.1) is 11.8 Å². The molecule has 1 N–H and O–H groups in total. The van der Waals surface area contributed by atoms with E-state index in [1.807, 2.05) is 0 Å². The maximum atomic E-state index is 10.8. The average molecular weight is 153 g/mol. The molecule has 1 amide bonds. The van der Waals surface area contributed by atoms with Gasteiger partial charge in [0.1, 0.15) is 0 Å². The summed E-state index contributed by atoms with van der Waals surface area (Å²) < 4.78 is 0. The molecule has 0 aromatic carbocycles. The van der Waals surface area contributed by atoms with E-state index in [4.69, 9.17) is 0 Å². The van der Waals surface area contributed by atoms with Gasteiger partial charge >= 0.3 is 0 Å². The van der Waals surface area contributed by atoms with Gasteiger partial charge in [-0.1, -0.05) is 6.42 Å². The molecule has 2 aliphatic carbocycles.